The van der Waals surface area contributed by atoms with Gasteiger partial charge < -0.3 is 25.0 Å². The summed E-state index contributed by atoms with van der Waals surface area (Å²) in [5.74, 6) is -0.908. The molecule has 2 N–H and O–H groups in total. The van der Waals surface area contributed by atoms with Gasteiger partial charge in [-0.2, -0.15) is 8.78 Å². The minimum Gasteiger partial charge on any atom is -0.493 e. The number of halogens is 2. The number of urea groups is 1. The number of ether oxygens (including phenoxy) is 2. The summed E-state index contributed by atoms with van der Waals surface area (Å²) in [6.07, 6.45) is 3.32. The molecule has 1 aliphatic carbocycles. The smallest absolute Gasteiger partial charge is 0.387 e. The highest BCUT2D eigenvalue weighted by atomic mass is 32.2. The van der Waals surface area contributed by atoms with Crippen molar-refractivity contribution in [2.75, 3.05) is 33.8 Å². The first kappa shape index (κ1) is 25.3. The van der Waals surface area contributed by atoms with Crippen molar-refractivity contribution in [3.05, 3.63) is 28.7 Å². The van der Waals surface area contributed by atoms with Crippen LogP contribution in [-0.4, -0.2) is 79.3 Å². The molecule has 0 spiro atoms. The van der Waals surface area contributed by atoms with Crippen LogP contribution in [0.1, 0.15) is 18.4 Å². The highest BCUT2D eigenvalue weighted by Crippen LogP contribution is 2.34. The molecule has 10 nitrogen and oxygen atoms in total. The van der Waals surface area contributed by atoms with Crippen LogP contribution in [0.5, 0.6) is 11.5 Å². The van der Waals surface area contributed by atoms with Crippen molar-refractivity contribution < 1.29 is 37.4 Å². The van der Waals surface area contributed by atoms with E-state index in [-0.39, 0.29) is 48.0 Å². The summed E-state index contributed by atoms with van der Waals surface area (Å²) < 4.78 is 34.3. The minimum atomic E-state index is -3.02. The topological polar surface area (TPSA) is 117 Å². The third kappa shape index (κ3) is 6.83. The number of carbonyl (C=O) groups is 4. The minimum absolute atomic E-state index is 0.00617. The predicted molar refractivity (Wildman–Crippen MR) is 119 cm³/mol. The van der Waals surface area contributed by atoms with Crippen LogP contribution < -0.4 is 20.1 Å². The van der Waals surface area contributed by atoms with Crippen molar-refractivity contribution >= 4 is 40.9 Å². The molecule has 13 heteroatoms. The van der Waals surface area contributed by atoms with E-state index in [9.17, 15) is 28.0 Å². The quantitative estimate of drug-likeness (QED) is 0.475. The van der Waals surface area contributed by atoms with E-state index in [1.165, 1.54) is 43.3 Å². The van der Waals surface area contributed by atoms with Crippen LogP contribution in [0.2, 0.25) is 0 Å². The zero-order valence-electron chi connectivity index (χ0n) is 18.5. The molecule has 1 heterocycles. The maximum Gasteiger partial charge on any atom is 0.387 e. The zero-order valence-corrected chi connectivity index (χ0v) is 19.3. The Morgan fingerprint density at radius 3 is 2.68 bits per heavy atom. The van der Waals surface area contributed by atoms with E-state index in [1.807, 2.05) is 0 Å². The van der Waals surface area contributed by atoms with Gasteiger partial charge in [0.15, 0.2) is 11.5 Å². The molecule has 34 heavy (non-hydrogen) atoms. The number of amides is 5. The summed E-state index contributed by atoms with van der Waals surface area (Å²) in [6, 6.07) is 3.82. The van der Waals surface area contributed by atoms with Crippen LogP contribution in [0.4, 0.5) is 18.4 Å². The number of alkyl halides is 2. The number of nitrogens with one attached hydrogen (secondary N) is 2. The Balaban J connectivity index is 1.53. The molecule has 2 aliphatic rings. The summed E-state index contributed by atoms with van der Waals surface area (Å²) in [4.78, 5) is 51.2. The van der Waals surface area contributed by atoms with Gasteiger partial charge in [0.1, 0.15) is 6.54 Å². The average Bonchev–Trinajstić information content (AvgIpc) is 3.55. The van der Waals surface area contributed by atoms with Crippen molar-refractivity contribution in [1.29, 1.82) is 0 Å². The van der Waals surface area contributed by atoms with Gasteiger partial charge in [-0.25, -0.2) is 4.79 Å². The van der Waals surface area contributed by atoms with Gasteiger partial charge in [0.25, 0.3) is 11.1 Å². The number of benzene rings is 1. The molecule has 5 amide bonds. The lowest BCUT2D eigenvalue weighted by molar-refractivity contribution is -0.123. The molecule has 1 aliphatic heterocycles. The van der Waals surface area contributed by atoms with Crippen molar-refractivity contribution in [3.8, 4) is 11.5 Å². The molecule has 1 aromatic carbocycles. The normalized spacial score (nSPS) is 16.7. The largest absolute Gasteiger partial charge is 0.493 e. The van der Waals surface area contributed by atoms with Gasteiger partial charge in [0.2, 0.25) is 5.91 Å². The molecule has 1 saturated carbocycles. The summed E-state index contributed by atoms with van der Waals surface area (Å²) in [5, 5.41) is 4.84. The van der Waals surface area contributed by atoms with E-state index in [0.29, 0.717) is 5.56 Å². The van der Waals surface area contributed by atoms with E-state index < -0.39 is 23.8 Å². The molecule has 0 bridgehead atoms. The molecule has 0 aromatic heterocycles. The van der Waals surface area contributed by atoms with Crippen LogP contribution in [0.15, 0.2) is 23.1 Å². The number of methoxy groups -OCH3 is 1. The fraction of sp³-hybridized carbons (Fsp3) is 0.429. The highest BCUT2D eigenvalue weighted by molar-refractivity contribution is 8.18. The van der Waals surface area contributed by atoms with E-state index in [1.54, 1.807) is 0 Å². The molecule has 0 unspecified atom stereocenters. The standard InChI is InChI=1S/C21H24F2N4O6S/c1-26(11-17(28)25-13-4-5-13)20(30)24-7-8-27-18(29)16(34-21(27)31)10-12-3-6-14(33-19(22)23)15(9-12)32-2/h3,6,9-10,13,19H,4-5,7-8,11H2,1-2H3,(H,24,30)(H,25,28)/b16-10-. The van der Waals surface area contributed by atoms with E-state index >= 15 is 0 Å². The van der Waals surface area contributed by atoms with Crippen LogP contribution in [-0.2, 0) is 9.59 Å². The first-order valence-corrected chi connectivity index (χ1v) is 11.2. The molecule has 3 rings (SSSR count). The molecule has 1 aromatic rings. The Labute approximate surface area is 198 Å². The number of imide groups is 1. The van der Waals surface area contributed by atoms with E-state index in [4.69, 9.17) is 4.74 Å². The summed E-state index contributed by atoms with van der Waals surface area (Å²) in [6.45, 7) is -3.17. The van der Waals surface area contributed by atoms with Crippen molar-refractivity contribution in [2.45, 2.75) is 25.5 Å². The zero-order chi connectivity index (χ0) is 24.8. The third-order valence-electron chi connectivity index (χ3n) is 4.86. The van der Waals surface area contributed by atoms with E-state index in [0.717, 1.165) is 29.5 Å². The second-order valence-corrected chi connectivity index (χ2v) is 8.55. The molecule has 1 saturated heterocycles. The van der Waals surface area contributed by atoms with Gasteiger partial charge in [0.05, 0.1) is 12.0 Å². The Morgan fingerprint density at radius 1 is 1.29 bits per heavy atom. The lowest BCUT2D eigenvalue weighted by Crippen LogP contribution is -2.46. The maximum atomic E-state index is 12.6. The van der Waals surface area contributed by atoms with Crippen molar-refractivity contribution in [1.82, 2.24) is 20.4 Å². The highest BCUT2D eigenvalue weighted by Gasteiger charge is 2.35. The molecule has 0 atom stereocenters. The Kier molecular flexibility index (Phi) is 8.31. The second-order valence-electron chi connectivity index (χ2n) is 7.55. The van der Waals surface area contributed by atoms with Gasteiger partial charge in [-0.1, -0.05) is 6.07 Å². The number of nitrogens with zero attached hydrogens (tertiary/aromatic N) is 2. The number of hydrogen-bond acceptors (Lipinski definition) is 7. The second kappa shape index (κ2) is 11.2. The molecule has 2 fully saturated rings. The predicted octanol–water partition coefficient (Wildman–Crippen LogP) is 2.25. The van der Waals surface area contributed by atoms with Gasteiger partial charge in [-0.3, -0.25) is 19.3 Å². The van der Waals surface area contributed by atoms with Crippen LogP contribution in [0, 0.1) is 0 Å². The maximum absolute atomic E-state index is 12.6. The van der Waals surface area contributed by atoms with Crippen molar-refractivity contribution in [3.63, 3.8) is 0 Å². The summed E-state index contributed by atoms with van der Waals surface area (Å²) in [7, 11) is 2.76. The number of rotatable bonds is 10. The molecule has 0 radical (unpaired) electrons. The summed E-state index contributed by atoms with van der Waals surface area (Å²) in [5.41, 5.74) is 0.448. The third-order valence-corrected chi connectivity index (χ3v) is 5.76. The lowest BCUT2D eigenvalue weighted by atomic mass is 10.2. The van der Waals surface area contributed by atoms with Gasteiger partial charge in [0, 0.05) is 26.2 Å². The monoisotopic (exact) mass is 498 g/mol. The van der Waals surface area contributed by atoms with Gasteiger partial charge in [-0.15, -0.1) is 0 Å². The average molecular weight is 499 g/mol. The fourth-order valence-corrected chi connectivity index (χ4v) is 3.87. The first-order chi connectivity index (χ1) is 16.2. The van der Waals surface area contributed by atoms with E-state index in [2.05, 4.69) is 15.4 Å². The molecular formula is C21H24F2N4O6S. The lowest BCUT2D eigenvalue weighted by Gasteiger charge is -2.19. The molecular weight excluding hydrogens is 474 g/mol. The van der Waals surface area contributed by atoms with Gasteiger partial charge >= 0.3 is 12.6 Å². The number of thioether (sulfide) groups is 1. The molecule has 184 valence electrons. The Morgan fingerprint density at radius 2 is 2.03 bits per heavy atom. The Bertz CT molecular complexity index is 1000. The fourth-order valence-electron chi connectivity index (χ4n) is 3.01. The number of carbonyl (C=O) groups excluding carboxylic acids is 4. The van der Waals surface area contributed by atoms with Crippen molar-refractivity contribution in [2.24, 2.45) is 0 Å². The van der Waals surface area contributed by atoms with Crippen LogP contribution in [0.25, 0.3) is 6.08 Å². The van der Waals surface area contributed by atoms with Crippen LogP contribution >= 0.6 is 11.8 Å². The first-order valence-electron chi connectivity index (χ1n) is 10.3. The Hall–Kier alpha value is -3.35. The van der Waals surface area contributed by atoms with Crippen LogP contribution in [0.3, 0.4) is 0 Å². The SMILES string of the molecule is COc1cc(/C=C2\SC(=O)N(CCNC(=O)N(C)CC(=O)NC3CC3)C2=O)ccc1OC(F)F. The van der Waals surface area contributed by atoms with Gasteiger partial charge in [-0.05, 0) is 48.4 Å². The summed E-state index contributed by atoms with van der Waals surface area (Å²) >= 11 is 0.720. The number of likely N-dealkylation sites (N-methyl/N-ethyl adjacent to an activating group) is 1. The number of hydrogen-bond donors (Lipinski definition) is 2.